The molecule has 0 aromatic heterocycles. The minimum atomic E-state index is -2.59. The summed E-state index contributed by atoms with van der Waals surface area (Å²) >= 11 is 0. The number of rotatable bonds is 5. The lowest BCUT2D eigenvalue weighted by Crippen LogP contribution is -2.37. The predicted octanol–water partition coefficient (Wildman–Crippen LogP) is 2.56. The summed E-state index contributed by atoms with van der Waals surface area (Å²) in [4.78, 5) is 24.4. The molecule has 0 spiro atoms. The van der Waals surface area contributed by atoms with Gasteiger partial charge < -0.3 is 10.0 Å². The van der Waals surface area contributed by atoms with Crippen LogP contribution in [-0.4, -0.2) is 40.9 Å². The summed E-state index contributed by atoms with van der Waals surface area (Å²) in [6.07, 6.45) is -1.16. The van der Waals surface area contributed by atoms with Crippen molar-refractivity contribution in [1.82, 2.24) is 4.90 Å². The van der Waals surface area contributed by atoms with Crippen molar-refractivity contribution in [3.05, 3.63) is 34.9 Å². The van der Waals surface area contributed by atoms with Crippen molar-refractivity contribution in [3.63, 3.8) is 0 Å². The van der Waals surface area contributed by atoms with E-state index in [1.165, 1.54) is 18.2 Å². The Bertz CT molecular complexity index is 541. The monoisotopic (exact) mass is 283 g/mol. The van der Waals surface area contributed by atoms with E-state index in [1.54, 1.807) is 6.92 Å². The van der Waals surface area contributed by atoms with Gasteiger partial charge in [0.05, 0.1) is 12.1 Å². The van der Waals surface area contributed by atoms with E-state index in [-0.39, 0.29) is 17.2 Å². The van der Waals surface area contributed by atoms with Crippen LogP contribution in [0.3, 0.4) is 0 Å². The number of aryl methyl sites for hydroxylation is 1. The van der Waals surface area contributed by atoms with Gasteiger partial charge in [0.1, 0.15) is 0 Å². The highest BCUT2D eigenvalue weighted by Gasteiger charge is 2.34. The molecule has 1 saturated carbocycles. The number of amides is 1. The second-order valence-electron chi connectivity index (χ2n) is 4.97. The molecule has 0 aliphatic heterocycles. The number of alkyl halides is 2. The number of carbonyl (C=O) groups excluding carboxylic acids is 1. The maximum absolute atomic E-state index is 12.5. The van der Waals surface area contributed by atoms with E-state index in [0.29, 0.717) is 5.56 Å². The Morgan fingerprint density at radius 1 is 1.30 bits per heavy atom. The van der Waals surface area contributed by atoms with Gasteiger partial charge in [-0.25, -0.2) is 13.6 Å². The SMILES string of the molecule is Cc1cc(C(=O)O)cc(C(=O)N(CC(F)F)C2CC2)c1. The molecular formula is C14H15F2NO3. The molecule has 1 aromatic carbocycles. The van der Waals surface area contributed by atoms with Gasteiger partial charge in [0.25, 0.3) is 12.3 Å². The third-order valence-electron chi connectivity index (χ3n) is 3.15. The number of hydrogen-bond donors (Lipinski definition) is 1. The van der Waals surface area contributed by atoms with Crippen molar-refractivity contribution in [2.75, 3.05) is 6.54 Å². The summed E-state index contributed by atoms with van der Waals surface area (Å²) in [5, 5.41) is 8.98. The Morgan fingerprint density at radius 3 is 2.40 bits per heavy atom. The molecule has 0 atom stereocenters. The van der Waals surface area contributed by atoms with Gasteiger partial charge in [0, 0.05) is 11.6 Å². The molecule has 0 saturated heterocycles. The number of carboxylic acid groups (broad SMARTS) is 1. The van der Waals surface area contributed by atoms with E-state index in [0.717, 1.165) is 17.7 Å². The third-order valence-corrected chi connectivity index (χ3v) is 3.15. The molecule has 20 heavy (non-hydrogen) atoms. The molecule has 0 heterocycles. The summed E-state index contributed by atoms with van der Waals surface area (Å²) < 4.78 is 25.1. The van der Waals surface area contributed by atoms with Crippen molar-refractivity contribution in [2.24, 2.45) is 0 Å². The van der Waals surface area contributed by atoms with Crippen molar-refractivity contribution >= 4 is 11.9 Å². The number of halogens is 2. The maximum atomic E-state index is 12.5. The highest BCUT2D eigenvalue weighted by molar-refractivity contribution is 5.98. The lowest BCUT2D eigenvalue weighted by molar-refractivity contribution is 0.0534. The zero-order chi connectivity index (χ0) is 14.9. The highest BCUT2D eigenvalue weighted by Crippen LogP contribution is 2.29. The molecule has 1 amide bonds. The molecule has 1 N–H and O–H groups in total. The topological polar surface area (TPSA) is 57.6 Å². The second-order valence-corrected chi connectivity index (χ2v) is 4.97. The number of carboxylic acids is 1. The van der Waals surface area contributed by atoms with E-state index in [4.69, 9.17) is 5.11 Å². The minimum Gasteiger partial charge on any atom is -0.478 e. The molecule has 1 aliphatic carbocycles. The largest absolute Gasteiger partial charge is 0.478 e. The molecule has 0 bridgehead atoms. The first-order valence-corrected chi connectivity index (χ1v) is 6.32. The third kappa shape index (κ3) is 3.31. The Morgan fingerprint density at radius 2 is 1.90 bits per heavy atom. The Hall–Kier alpha value is -1.98. The smallest absolute Gasteiger partial charge is 0.335 e. The molecule has 1 aliphatic rings. The van der Waals surface area contributed by atoms with Crippen molar-refractivity contribution in [3.8, 4) is 0 Å². The van der Waals surface area contributed by atoms with Crippen LogP contribution >= 0.6 is 0 Å². The average molecular weight is 283 g/mol. The molecule has 4 nitrogen and oxygen atoms in total. The summed E-state index contributed by atoms with van der Waals surface area (Å²) in [6.45, 7) is 1.05. The zero-order valence-electron chi connectivity index (χ0n) is 11.0. The van der Waals surface area contributed by atoms with Crippen LogP contribution in [0.5, 0.6) is 0 Å². The van der Waals surface area contributed by atoms with Gasteiger partial charge >= 0.3 is 5.97 Å². The van der Waals surface area contributed by atoms with Gasteiger partial charge in [0.2, 0.25) is 0 Å². The minimum absolute atomic E-state index is 0.0128. The van der Waals surface area contributed by atoms with Crippen LogP contribution < -0.4 is 0 Å². The van der Waals surface area contributed by atoms with Crippen LogP contribution in [0.4, 0.5) is 8.78 Å². The number of hydrogen-bond acceptors (Lipinski definition) is 2. The summed E-state index contributed by atoms with van der Waals surface area (Å²) in [5.41, 5.74) is 0.747. The fraction of sp³-hybridized carbons (Fsp3) is 0.429. The maximum Gasteiger partial charge on any atom is 0.335 e. The van der Waals surface area contributed by atoms with Gasteiger partial charge in [-0.2, -0.15) is 0 Å². The number of benzene rings is 1. The van der Waals surface area contributed by atoms with Gasteiger partial charge in [-0.15, -0.1) is 0 Å². The highest BCUT2D eigenvalue weighted by atomic mass is 19.3. The summed E-state index contributed by atoms with van der Waals surface area (Å²) in [7, 11) is 0. The predicted molar refractivity (Wildman–Crippen MR) is 68.2 cm³/mol. The molecule has 0 radical (unpaired) electrons. The van der Waals surface area contributed by atoms with Crippen LogP contribution in [0.15, 0.2) is 18.2 Å². The summed E-state index contributed by atoms with van der Waals surface area (Å²) in [5.74, 6) is -1.67. The lowest BCUT2D eigenvalue weighted by atomic mass is 10.1. The molecule has 6 heteroatoms. The van der Waals surface area contributed by atoms with E-state index < -0.39 is 24.8 Å². The van der Waals surface area contributed by atoms with Crippen molar-refractivity contribution < 1.29 is 23.5 Å². The van der Waals surface area contributed by atoms with Crippen LogP contribution in [0.1, 0.15) is 39.1 Å². The average Bonchev–Trinajstić information content (AvgIpc) is 3.18. The zero-order valence-corrected chi connectivity index (χ0v) is 11.0. The normalized spacial score (nSPS) is 14.4. The standard InChI is InChI=1S/C14H15F2NO3/c1-8-4-9(6-10(5-8)14(19)20)13(18)17(7-12(15)16)11-2-3-11/h4-6,11-12H,2-3,7H2,1H3,(H,19,20). The first-order valence-electron chi connectivity index (χ1n) is 6.32. The van der Waals surface area contributed by atoms with Gasteiger partial charge in [-0.1, -0.05) is 0 Å². The summed E-state index contributed by atoms with van der Waals surface area (Å²) in [6, 6.07) is 4.05. The van der Waals surface area contributed by atoms with E-state index in [2.05, 4.69) is 0 Å². The van der Waals surface area contributed by atoms with Gasteiger partial charge in [-0.05, 0) is 43.5 Å². The van der Waals surface area contributed by atoms with Crippen molar-refractivity contribution in [1.29, 1.82) is 0 Å². The quantitative estimate of drug-likeness (QED) is 0.903. The van der Waals surface area contributed by atoms with Crippen LogP contribution in [0.2, 0.25) is 0 Å². The lowest BCUT2D eigenvalue weighted by Gasteiger charge is -2.22. The van der Waals surface area contributed by atoms with E-state index >= 15 is 0 Å². The van der Waals surface area contributed by atoms with E-state index in [1.807, 2.05) is 0 Å². The van der Waals surface area contributed by atoms with Gasteiger partial charge in [-0.3, -0.25) is 4.79 Å². The first-order chi connectivity index (χ1) is 9.38. The molecule has 1 aromatic rings. The van der Waals surface area contributed by atoms with Gasteiger partial charge in [0.15, 0.2) is 0 Å². The molecule has 2 rings (SSSR count). The first kappa shape index (κ1) is 14.4. The molecule has 0 unspecified atom stereocenters. The Kier molecular flexibility index (Phi) is 4.01. The number of nitrogens with zero attached hydrogens (tertiary/aromatic N) is 1. The number of aromatic carboxylic acids is 1. The Balaban J connectivity index is 2.28. The van der Waals surface area contributed by atoms with Crippen LogP contribution in [0, 0.1) is 6.92 Å². The molecule has 108 valence electrons. The fourth-order valence-corrected chi connectivity index (χ4v) is 2.13. The van der Waals surface area contributed by atoms with Crippen LogP contribution in [-0.2, 0) is 0 Å². The molecule has 1 fully saturated rings. The second kappa shape index (κ2) is 5.56. The van der Waals surface area contributed by atoms with Crippen molar-refractivity contribution in [2.45, 2.75) is 32.2 Å². The Labute approximate surface area is 115 Å². The van der Waals surface area contributed by atoms with Crippen LogP contribution in [0.25, 0.3) is 0 Å². The number of carbonyl (C=O) groups is 2. The van der Waals surface area contributed by atoms with E-state index in [9.17, 15) is 18.4 Å². The molecular weight excluding hydrogens is 268 g/mol. The fourth-order valence-electron chi connectivity index (χ4n) is 2.13.